The Hall–Kier alpha value is -1.53. The minimum absolute atomic E-state index is 0.155. The summed E-state index contributed by atoms with van der Waals surface area (Å²) in [4.78, 5) is 12.0. The highest BCUT2D eigenvalue weighted by molar-refractivity contribution is 6.30. The van der Waals surface area contributed by atoms with E-state index in [4.69, 9.17) is 16.9 Å². The number of carbonyl (C=O) groups is 1. The molecule has 0 bridgehead atoms. The smallest absolute Gasteiger partial charge is 0.240 e. The first-order valence-corrected chi connectivity index (χ1v) is 6.37. The van der Waals surface area contributed by atoms with E-state index in [-0.39, 0.29) is 5.91 Å². The SMILES string of the molecule is CC1CC(C#N)(C(=O)NCc2ccc(Cl)cc2)C1. The van der Waals surface area contributed by atoms with Crippen LogP contribution < -0.4 is 5.32 Å². The molecule has 0 aliphatic heterocycles. The number of hydrogen-bond donors (Lipinski definition) is 1. The first kappa shape index (κ1) is 12.9. The van der Waals surface area contributed by atoms with Crippen LogP contribution in [0.4, 0.5) is 0 Å². The molecule has 94 valence electrons. The summed E-state index contributed by atoms with van der Waals surface area (Å²) in [5.74, 6) is 0.309. The highest BCUT2D eigenvalue weighted by Crippen LogP contribution is 2.45. The van der Waals surface area contributed by atoms with Crippen LogP contribution in [0.2, 0.25) is 5.02 Å². The van der Waals surface area contributed by atoms with Crippen molar-refractivity contribution in [3.63, 3.8) is 0 Å². The van der Waals surface area contributed by atoms with Crippen LogP contribution in [-0.2, 0) is 11.3 Å². The monoisotopic (exact) mass is 262 g/mol. The van der Waals surface area contributed by atoms with E-state index >= 15 is 0 Å². The van der Waals surface area contributed by atoms with Gasteiger partial charge in [-0.15, -0.1) is 0 Å². The van der Waals surface area contributed by atoms with Gasteiger partial charge in [-0.3, -0.25) is 4.79 Å². The van der Waals surface area contributed by atoms with E-state index in [0.29, 0.717) is 30.3 Å². The molecule has 18 heavy (non-hydrogen) atoms. The molecule has 1 aromatic carbocycles. The lowest BCUT2D eigenvalue weighted by Gasteiger charge is -2.39. The number of carbonyl (C=O) groups excluding carboxylic acids is 1. The van der Waals surface area contributed by atoms with Crippen LogP contribution in [0.15, 0.2) is 24.3 Å². The first-order valence-electron chi connectivity index (χ1n) is 6.00. The fraction of sp³-hybridized carbons (Fsp3) is 0.429. The van der Waals surface area contributed by atoms with Crippen molar-refractivity contribution in [3.8, 4) is 6.07 Å². The predicted octanol–water partition coefficient (Wildman–Crippen LogP) is 2.90. The summed E-state index contributed by atoms with van der Waals surface area (Å²) in [6.07, 6.45) is 1.33. The Kier molecular flexibility index (Phi) is 3.58. The molecule has 0 spiro atoms. The van der Waals surface area contributed by atoms with E-state index < -0.39 is 5.41 Å². The summed E-state index contributed by atoms with van der Waals surface area (Å²) in [6.45, 7) is 2.50. The fourth-order valence-electron chi connectivity index (χ4n) is 2.41. The molecular weight excluding hydrogens is 248 g/mol. The number of rotatable bonds is 3. The van der Waals surface area contributed by atoms with Crippen LogP contribution in [0.5, 0.6) is 0 Å². The molecule has 1 N–H and O–H groups in total. The normalized spacial score (nSPS) is 25.9. The van der Waals surface area contributed by atoms with Gasteiger partial charge in [0, 0.05) is 11.6 Å². The minimum Gasteiger partial charge on any atom is -0.351 e. The molecule has 1 fully saturated rings. The molecule has 1 saturated carbocycles. The van der Waals surface area contributed by atoms with Crippen molar-refractivity contribution < 1.29 is 4.79 Å². The Bertz CT molecular complexity index is 484. The lowest BCUT2D eigenvalue weighted by Crippen LogP contribution is -2.47. The summed E-state index contributed by atoms with van der Waals surface area (Å²) in [6, 6.07) is 9.46. The Morgan fingerprint density at radius 2 is 2.11 bits per heavy atom. The van der Waals surface area contributed by atoms with Crippen LogP contribution in [-0.4, -0.2) is 5.91 Å². The molecule has 1 aliphatic carbocycles. The summed E-state index contributed by atoms with van der Waals surface area (Å²) in [5, 5.41) is 12.6. The second-order valence-corrected chi connectivity index (χ2v) is 5.45. The molecule has 0 heterocycles. The summed E-state index contributed by atoms with van der Waals surface area (Å²) in [7, 11) is 0. The zero-order chi connectivity index (χ0) is 13.2. The van der Waals surface area contributed by atoms with Gasteiger partial charge in [-0.2, -0.15) is 5.26 Å². The Morgan fingerprint density at radius 3 is 2.61 bits per heavy atom. The van der Waals surface area contributed by atoms with Gasteiger partial charge >= 0.3 is 0 Å². The number of hydrogen-bond acceptors (Lipinski definition) is 2. The zero-order valence-electron chi connectivity index (χ0n) is 10.2. The van der Waals surface area contributed by atoms with E-state index in [1.165, 1.54) is 0 Å². The third kappa shape index (κ3) is 2.49. The maximum absolute atomic E-state index is 12.0. The first-order chi connectivity index (χ1) is 8.55. The minimum atomic E-state index is -0.800. The molecule has 3 nitrogen and oxygen atoms in total. The summed E-state index contributed by atoms with van der Waals surface area (Å²) >= 11 is 5.79. The second-order valence-electron chi connectivity index (χ2n) is 5.02. The van der Waals surface area contributed by atoms with Crippen LogP contribution >= 0.6 is 11.6 Å². The number of benzene rings is 1. The van der Waals surface area contributed by atoms with Crippen LogP contribution in [0.25, 0.3) is 0 Å². The lowest BCUT2D eigenvalue weighted by atomic mass is 9.63. The van der Waals surface area contributed by atoms with Gasteiger partial charge in [0.2, 0.25) is 5.91 Å². The molecule has 1 aliphatic rings. The molecule has 1 aromatic rings. The van der Waals surface area contributed by atoms with Crippen molar-refractivity contribution in [2.75, 3.05) is 0 Å². The highest BCUT2D eigenvalue weighted by atomic mass is 35.5. The molecule has 1 amide bonds. The fourth-order valence-corrected chi connectivity index (χ4v) is 2.54. The van der Waals surface area contributed by atoms with Crippen molar-refractivity contribution in [1.29, 1.82) is 5.26 Å². The van der Waals surface area contributed by atoms with E-state index in [1.54, 1.807) is 12.1 Å². The zero-order valence-corrected chi connectivity index (χ0v) is 11.0. The summed E-state index contributed by atoms with van der Waals surface area (Å²) in [5.41, 5.74) is 0.180. The van der Waals surface area contributed by atoms with Gasteiger partial charge in [-0.25, -0.2) is 0 Å². The standard InChI is InChI=1S/C14H15ClN2O/c1-10-6-14(7-10,9-16)13(18)17-8-11-2-4-12(15)5-3-11/h2-5,10H,6-8H2,1H3,(H,17,18). The van der Waals surface area contributed by atoms with Crippen molar-refractivity contribution in [3.05, 3.63) is 34.9 Å². The average Bonchev–Trinajstić information content (AvgIpc) is 2.33. The third-order valence-electron chi connectivity index (χ3n) is 3.41. The van der Waals surface area contributed by atoms with E-state index in [0.717, 1.165) is 5.56 Å². The molecule has 0 aromatic heterocycles. The quantitative estimate of drug-likeness (QED) is 0.911. The molecule has 0 atom stereocenters. The van der Waals surface area contributed by atoms with Crippen molar-refractivity contribution in [1.82, 2.24) is 5.32 Å². The van der Waals surface area contributed by atoms with E-state index in [9.17, 15) is 4.79 Å². The van der Waals surface area contributed by atoms with Gasteiger partial charge in [0.15, 0.2) is 0 Å². The largest absolute Gasteiger partial charge is 0.351 e. The highest BCUT2D eigenvalue weighted by Gasteiger charge is 2.48. The van der Waals surface area contributed by atoms with Crippen LogP contribution in [0.1, 0.15) is 25.3 Å². The summed E-state index contributed by atoms with van der Waals surface area (Å²) < 4.78 is 0. The van der Waals surface area contributed by atoms with Gasteiger partial charge < -0.3 is 5.32 Å². The topological polar surface area (TPSA) is 52.9 Å². The molecule has 4 heteroatoms. The maximum Gasteiger partial charge on any atom is 0.240 e. The number of nitriles is 1. The average molecular weight is 263 g/mol. The van der Waals surface area contributed by atoms with Crippen molar-refractivity contribution >= 4 is 17.5 Å². The van der Waals surface area contributed by atoms with Crippen LogP contribution in [0, 0.1) is 22.7 Å². The van der Waals surface area contributed by atoms with Gasteiger partial charge in [-0.05, 0) is 36.5 Å². The number of halogens is 1. The Balaban J connectivity index is 1.93. The van der Waals surface area contributed by atoms with Gasteiger partial charge in [0.05, 0.1) is 6.07 Å². The lowest BCUT2D eigenvalue weighted by molar-refractivity contribution is -0.134. The van der Waals surface area contributed by atoms with E-state index in [1.807, 2.05) is 12.1 Å². The van der Waals surface area contributed by atoms with Gasteiger partial charge in [0.1, 0.15) is 5.41 Å². The van der Waals surface area contributed by atoms with Crippen LogP contribution in [0.3, 0.4) is 0 Å². The second kappa shape index (κ2) is 4.99. The third-order valence-corrected chi connectivity index (χ3v) is 3.66. The number of nitrogens with one attached hydrogen (secondary N) is 1. The Labute approximate surface area is 112 Å². The van der Waals surface area contributed by atoms with Crippen molar-refractivity contribution in [2.24, 2.45) is 11.3 Å². The number of nitrogens with zero attached hydrogens (tertiary/aromatic N) is 1. The molecule has 0 saturated heterocycles. The Morgan fingerprint density at radius 1 is 1.50 bits per heavy atom. The molecule has 2 rings (SSSR count). The predicted molar refractivity (Wildman–Crippen MR) is 69.7 cm³/mol. The van der Waals surface area contributed by atoms with Crippen molar-refractivity contribution in [2.45, 2.75) is 26.3 Å². The number of amides is 1. The molecule has 0 radical (unpaired) electrons. The van der Waals surface area contributed by atoms with Gasteiger partial charge in [0.25, 0.3) is 0 Å². The maximum atomic E-state index is 12.0. The molecular formula is C14H15ClN2O. The molecule has 0 unspecified atom stereocenters. The van der Waals surface area contributed by atoms with E-state index in [2.05, 4.69) is 18.3 Å². The van der Waals surface area contributed by atoms with Gasteiger partial charge in [-0.1, -0.05) is 30.7 Å².